The Morgan fingerprint density at radius 1 is 1.19 bits per heavy atom. The van der Waals surface area contributed by atoms with Crippen molar-refractivity contribution in [3.63, 3.8) is 0 Å². The standard InChI is InChI=1S/C25H29N3O4/c1-2-14-28-21(23(30)27-17-10-6-7-11-17)25-13-12-18(32-25)19(20(25)24(28)31)22(29)26-15-16-8-4-3-5-9-16/h2-5,8-9,12-13,17-21H,1,6-7,10-11,14-15H2,(H,26,29)(H,27,30). The van der Waals surface area contributed by atoms with Crippen LogP contribution in [0.2, 0.25) is 0 Å². The number of carbonyl (C=O) groups is 3. The Bertz CT molecular complexity index is 955. The van der Waals surface area contributed by atoms with Crippen LogP contribution in [0.4, 0.5) is 0 Å². The fraction of sp³-hybridized carbons (Fsp3) is 0.480. The average molecular weight is 436 g/mol. The summed E-state index contributed by atoms with van der Waals surface area (Å²) in [6, 6.07) is 8.97. The van der Waals surface area contributed by atoms with Gasteiger partial charge in [-0.1, -0.05) is 61.4 Å². The molecule has 5 rings (SSSR count). The van der Waals surface area contributed by atoms with Crippen molar-refractivity contribution in [3.05, 3.63) is 60.7 Å². The van der Waals surface area contributed by atoms with Crippen LogP contribution in [0.3, 0.4) is 0 Å². The SMILES string of the molecule is C=CCN1C(=O)C2C(C(=O)NCc3ccccc3)C3C=CC2(O3)C1C(=O)NC1CCCC1. The molecule has 2 N–H and O–H groups in total. The van der Waals surface area contributed by atoms with Gasteiger partial charge in [-0.3, -0.25) is 14.4 Å². The summed E-state index contributed by atoms with van der Waals surface area (Å²) in [4.78, 5) is 41.6. The van der Waals surface area contributed by atoms with E-state index < -0.39 is 29.6 Å². The Labute approximate surface area is 187 Å². The van der Waals surface area contributed by atoms with Gasteiger partial charge >= 0.3 is 0 Å². The zero-order valence-corrected chi connectivity index (χ0v) is 18.0. The molecule has 4 aliphatic rings. The molecule has 3 heterocycles. The number of hydrogen-bond donors (Lipinski definition) is 2. The van der Waals surface area contributed by atoms with E-state index in [0.29, 0.717) is 6.54 Å². The molecule has 3 amide bonds. The highest BCUT2D eigenvalue weighted by Crippen LogP contribution is 2.55. The Balaban J connectivity index is 1.39. The average Bonchev–Trinajstić information content (AvgIpc) is 3.56. The van der Waals surface area contributed by atoms with Gasteiger partial charge in [0.25, 0.3) is 0 Å². The van der Waals surface area contributed by atoms with Crippen LogP contribution < -0.4 is 10.6 Å². The van der Waals surface area contributed by atoms with E-state index in [2.05, 4.69) is 17.2 Å². The lowest BCUT2D eigenvalue weighted by Crippen LogP contribution is -2.56. The molecule has 2 bridgehead atoms. The summed E-state index contributed by atoms with van der Waals surface area (Å²) in [7, 11) is 0. The molecular weight excluding hydrogens is 406 g/mol. The molecule has 2 saturated heterocycles. The number of fused-ring (bicyclic) bond motifs is 1. The molecule has 32 heavy (non-hydrogen) atoms. The second-order valence-corrected chi connectivity index (χ2v) is 9.17. The van der Waals surface area contributed by atoms with Gasteiger partial charge in [-0.2, -0.15) is 0 Å². The number of likely N-dealkylation sites (tertiary alicyclic amines) is 1. The monoisotopic (exact) mass is 435 g/mol. The zero-order chi connectivity index (χ0) is 22.3. The van der Waals surface area contributed by atoms with Crippen LogP contribution in [0, 0.1) is 11.8 Å². The molecule has 1 saturated carbocycles. The van der Waals surface area contributed by atoms with E-state index >= 15 is 0 Å². The van der Waals surface area contributed by atoms with E-state index in [4.69, 9.17) is 4.74 Å². The summed E-state index contributed by atoms with van der Waals surface area (Å²) in [5.74, 6) is -2.02. The van der Waals surface area contributed by atoms with E-state index in [1.54, 1.807) is 6.08 Å². The van der Waals surface area contributed by atoms with Crippen LogP contribution in [0.15, 0.2) is 55.1 Å². The maximum atomic E-state index is 13.5. The third kappa shape index (κ3) is 3.26. The van der Waals surface area contributed by atoms with Gasteiger partial charge in [-0.05, 0) is 18.4 Å². The number of rotatable bonds is 7. The topological polar surface area (TPSA) is 87.7 Å². The van der Waals surface area contributed by atoms with Crippen LogP contribution in [0.1, 0.15) is 31.2 Å². The minimum atomic E-state index is -1.11. The van der Waals surface area contributed by atoms with Gasteiger partial charge in [-0.15, -0.1) is 6.58 Å². The van der Waals surface area contributed by atoms with Crippen LogP contribution in [-0.2, 0) is 25.7 Å². The summed E-state index contributed by atoms with van der Waals surface area (Å²) in [5, 5.41) is 6.09. The predicted octanol–water partition coefficient (Wildman–Crippen LogP) is 1.70. The number of hydrogen-bond acceptors (Lipinski definition) is 4. The van der Waals surface area contributed by atoms with Gasteiger partial charge in [0, 0.05) is 19.1 Å². The molecule has 1 aromatic carbocycles. The Kier molecular flexibility index (Phi) is 5.37. The number of nitrogens with one attached hydrogen (secondary N) is 2. The highest BCUT2D eigenvalue weighted by molar-refractivity contribution is 6.00. The molecule has 1 spiro atoms. The maximum absolute atomic E-state index is 13.5. The van der Waals surface area contributed by atoms with E-state index in [-0.39, 0.29) is 30.3 Å². The lowest BCUT2D eigenvalue weighted by molar-refractivity contribution is -0.141. The van der Waals surface area contributed by atoms with Crippen LogP contribution in [0.5, 0.6) is 0 Å². The molecule has 0 aromatic heterocycles. The van der Waals surface area contributed by atoms with Crippen molar-refractivity contribution in [2.75, 3.05) is 6.54 Å². The van der Waals surface area contributed by atoms with Crippen molar-refractivity contribution in [1.82, 2.24) is 15.5 Å². The van der Waals surface area contributed by atoms with Crippen molar-refractivity contribution < 1.29 is 19.1 Å². The predicted molar refractivity (Wildman–Crippen MR) is 118 cm³/mol. The second-order valence-electron chi connectivity index (χ2n) is 9.17. The molecule has 0 radical (unpaired) electrons. The van der Waals surface area contributed by atoms with Gasteiger partial charge in [0.15, 0.2) is 0 Å². The fourth-order valence-electron chi connectivity index (χ4n) is 5.86. The minimum absolute atomic E-state index is 0.131. The Hall–Kier alpha value is -2.93. The minimum Gasteiger partial charge on any atom is -0.359 e. The van der Waals surface area contributed by atoms with E-state index in [0.717, 1.165) is 31.2 Å². The summed E-state index contributed by atoms with van der Waals surface area (Å²) >= 11 is 0. The molecular formula is C25H29N3O4. The number of ether oxygens (including phenoxy) is 1. The maximum Gasteiger partial charge on any atom is 0.246 e. The van der Waals surface area contributed by atoms with E-state index in [9.17, 15) is 14.4 Å². The highest BCUT2D eigenvalue weighted by atomic mass is 16.5. The Morgan fingerprint density at radius 2 is 1.94 bits per heavy atom. The van der Waals surface area contributed by atoms with Gasteiger partial charge in [0.2, 0.25) is 17.7 Å². The normalized spacial score (nSPS) is 32.9. The molecule has 7 heteroatoms. The molecule has 7 nitrogen and oxygen atoms in total. The zero-order valence-electron chi connectivity index (χ0n) is 18.0. The van der Waals surface area contributed by atoms with Gasteiger partial charge in [0.1, 0.15) is 11.6 Å². The largest absolute Gasteiger partial charge is 0.359 e. The second kappa shape index (κ2) is 8.20. The smallest absolute Gasteiger partial charge is 0.246 e. The van der Waals surface area contributed by atoms with Crippen LogP contribution >= 0.6 is 0 Å². The van der Waals surface area contributed by atoms with Crippen molar-refractivity contribution >= 4 is 17.7 Å². The van der Waals surface area contributed by atoms with Crippen molar-refractivity contribution in [1.29, 1.82) is 0 Å². The van der Waals surface area contributed by atoms with Gasteiger partial charge < -0.3 is 20.3 Å². The molecule has 5 unspecified atom stereocenters. The number of benzene rings is 1. The third-order valence-electron chi connectivity index (χ3n) is 7.26. The summed E-state index contributed by atoms with van der Waals surface area (Å²) < 4.78 is 6.29. The Morgan fingerprint density at radius 3 is 2.66 bits per heavy atom. The fourth-order valence-corrected chi connectivity index (χ4v) is 5.86. The van der Waals surface area contributed by atoms with E-state index in [1.807, 2.05) is 42.5 Å². The summed E-state index contributed by atoms with van der Waals surface area (Å²) in [6.45, 7) is 4.38. The highest BCUT2D eigenvalue weighted by Gasteiger charge is 2.72. The molecule has 3 fully saturated rings. The molecule has 5 atom stereocenters. The number of nitrogens with zero attached hydrogens (tertiary/aromatic N) is 1. The first-order valence-electron chi connectivity index (χ1n) is 11.5. The molecule has 3 aliphatic heterocycles. The quantitative estimate of drug-likeness (QED) is 0.638. The summed E-state index contributed by atoms with van der Waals surface area (Å²) in [6.07, 6.45) is 8.88. The van der Waals surface area contributed by atoms with Gasteiger partial charge in [-0.25, -0.2) is 0 Å². The first kappa shape index (κ1) is 20.9. The third-order valence-corrected chi connectivity index (χ3v) is 7.26. The summed E-state index contributed by atoms with van der Waals surface area (Å²) in [5.41, 5.74) is -0.127. The molecule has 168 valence electrons. The van der Waals surface area contributed by atoms with Crippen LogP contribution in [0.25, 0.3) is 0 Å². The number of amides is 3. The lowest BCUT2D eigenvalue weighted by atomic mass is 9.74. The van der Waals surface area contributed by atoms with Gasteiger partial charge in [0.05, 0.1) is 17.9 Å². The van der Waals surface area contributed by atoms with Crippen LogP contribution in [-0.4, -0.2) is 53.0 Å². The first-order valence-corrected chi connectivity index (χ1v) is 11.5. The lowest BCUT2D eigenvalue weighted by Gasteiger charge is -2.32. The van der Waals surface area contributed by atoms with Crippen molar-refractivity contribution in [3.8, 4) is 0 Å². The molecule has 1 aliphatic carbocycles. The van der Waals surface area contributed by atoms with Crippen molar-refractivity contribution in [2.24, 2.45) is 11.8 Å². The van der Waals surface area contributed by atoms with E-state index in [1.165, 1.54) is 4.90 Å². The number of carbonyl (C=O) groups excluding carboxylic acids is 3. The van der Waals surface area contributed by atoms with Crippen molar-refractivity contribution in [2.45, 2.75) is 56.0 Å². The molecule has 1 aromatic rings. The first-order chi connectivity index (χ1) is 15.5.